The zero-order chi connectivity index (χ0) is 9.68. The first-order valence-corrected chi connectivity index (χ1v) is 5.12. The molecule has 1 aliphatic heterocycles. The van der Waals surface area contributed by atoms with E-state index in [2.05, 4.69) is 5.32 Å². The topological polar surface area (TPSA) is 49.3 Å². The van der Waals surface area contributed by atoms with Crippen LogP contribution in [0.5, 0.6) is 0 Å². The summed E-state index contributed by atoms with van der Waals surface area (Å²) in [6.07, 6.45) is 4.02. The molecule has 1 aliphatic rings. The summed E-state index contributed by atoms with van der Waals surface area (Å²) >= 11 is 0. The Kier molecular flexibility index (Phi) is 4.22. The first-order chi connectivity index (χ1) is 6.24. The molecule has 13 heavy (non-hydrogen) atoms. The van der Waals surface area contributed by atoms with Gasteiger partial charge >= 0.3 is 0 Å². The first kappa shape index (κ1) is 10.5. The Bertz CT molecular complexity index is 170. The van der Waals surface area contributed by atoms with Crippen LogP contribution in [0.15, 0.2) is 0 Å². The molecule has 0 radical (unpaired) electrons. The van der Waals surface area contributed by atoms with Crippen molar-refractivity contribution >= 4 is 5.91 Å². The average Bonchev–Trinajstić information content (AvgIpc) is 2.32. The van der Waals surface area contributed by atoms with Gasteiger partial charge < -0.3 is 10.4 Å². The fourth-order valence-corrected chi connectivity index (χ4v) is 1.79. The molecule has 3 nitrogen and oxygen atoms in total. The summed E-state index contributed by atoms with van der Waals surface area (Å²) in [5.74, 6) is 0.552. The number of carbonyl (C=O) groups is 1. The van der Waals surface area contributed by atoms with Gasteiger partial charge in [0.05, 0.1) is 0 Å². The lowest BCUT2D eigenvalue weighted by Crippen LogP contribution is -2.30. The van der Waals surface area contributed by atoms with E-state index in [1.165, 1.54) is 0 Å². The first-order valence-electron chi connectivity index (χ1n) is 5.12. The molecule has 0 spiro atoms. The predicted octanol–water partition coefficient (Wildman–Crippen LogP) is 0.921. The second-order valence-corrected chi connectivity index (χ2v) is 4.01. The highest BCUT2D eigenvalue weighted by Crippen LogP contribution is 2.20. The van der Waals surface area contributed by atoms with Crippen molar-refractivity contribution in [1.82, 2.24) is 5.32 Å². The highest BCUT2D eigenvalue weighted by Gasteiger charge is 2.22. The van der Waals surface area contributed by atoms with Crippen LogP contribution < -0.4 is 5.32 Å². The molecular formula is C10H19NO2. The van der Waals surface area contributed by atoms with Crippen molar-refractivity contribution in [3.63, 3.8) is 0 Å². The minimum Gasteiger partial charge on any atom is -0.396 e. The van der Waals surface area contributed by atoms with Gasteiger partial charge in [0.25, 0.3) is 0 Å². The van der Waals surface area contributed by atoms with Crippen LogP contribution in [-0.2, 0) is 4.79 Å². The van der Waals surface area contributed by atoms with Crippen LogP contribution in [0.2, 0.25) is 0 Å². The Balaban J connectivity index is 2.40. The smallest absolute Gasteiger partial charge is 0.223 e. The Morgan fingerprint density at radius 3 is 3.08 bits per heavy atom. The zero-order valence-electron chi connectivity index (χ0n) is 8.25. The van der Waals surface area contributed by atoms with E-state index in [1.54, 1.807) is 0 Å². The number of aliphatic hydroxyl groups is 1. The number of aliphatic hydroxyl groups excluding tert-OH is 1. The molecule has 1 rings (SSSR count). The second-order valence-electron chi connectivity index (χ2n) is 4.01. The van der Waals surface area contributed by atoms with E-state index in [4.69, 9.17) is 5.11 Å². The Morgan fingerprint density at radius 2 is 2.38 bits per heavy atom. The lowest BCUT2D eigenvalue weighted by atomic mass is 9.92. The molecule has 2 unspecified atom stereocenters. The summed E-state index contributed by atoms with van der Waals surface area (Å²) in [6, 6.07) is 0. The molecule has 1 fully saturated rings. The number of hydrogen-bond donors (Lipinski definition) is 2. The summed E-state index contributed by atoms with van der Waals surface area (Å²) in [4.78, 5) is 11.5. The summed E-state index contributed by atoms with van der Waals surface area (Å²) in [6.45, 7) is 2.99. The van der Waals surface area contributed by atoms with Gasteiger partial charge in [-0.1, -0.05) is 13.3 Å². The summed E-state index contributed by atoms with van der Waals surface area (Å²) in [5, 5.41) is 11.8. The molecule has 0 aromatic rings. The Morgan fingerprint density at radius 1 is 1.62 bits per heavy atom. The van der Waals surface area contributed by atoms with Crippen molar-refractivity contribution in [3.05, 3.63) is 0 Å². The van der Waals surface area contributed by atoms with Crippen LogP contribution in [0.3, 0.4) is 0 Å². The zero-order valence-corrected chi connectivity index (χ0v) is 8.25. The third-order valence-electron chi connectivity index (χ3n) is 2.65. The van der Waals surface area contributed by atoms with Crippen molar-refractivity contribution in [2.24, 2.45) is 11.8 Å². The van der Waals surface area contributed by atoms with Crippen LogP contribution >= 0.6 is 0 Å². The van der Waals surface area contributed by atoms with Crippen LogP contribution in [0.4, 0.5) is 0 Å². The molecule has 0 aromatic carbocycles. The van der Waals surface area contributed by atoms with Crippen molar-refractivity contribution < 1.29 is 9.90 Å². The third-order valence-corrected chi connectivity index (χ3v) is 2.65. The summed E-state index contributed by atoms with van der Waals surface area (Å²) in [7, 11) is 0. The molecule has 0 aliphatic carbocycles. The molecule has 1 heterocycles. The summed E-state index contributed by atoms with van der Waals surface area (Å²) < 4.78 is 0. The molecule has 1 saturated heterocycles. The molecular weight excluding hydrogens is 166 g/mol. The highest BCUT2D eigenvalue weighted by molar-refractivity contribution is 5.78. The van der Waals surface area contributed by atoms with Gasteiger partial charge in [-0.25, -0.2) is 0 Å². The SMILES string of the molecule is CC(CO)CC1CCCCNC1=O. The van der Waals surface area contributed by atoms with Crippen molar-refractivity contribution in [1.29, 1.82) is 0 Å². The standard InChI is InChI=1S/C10H19NO2/c1-8(7-12)6-9-4-2-3-5-11-10(9)13/h8-9,12H,2-7H2,1H3,(H,11,13). The van der Waals surface area contributed by atoms with Gasteiger partial charge in [-0.15, -0.1) is 0 Å². The molecule has 2 atom stereocenters. The Hall–Kier alpha value is -0.570. The van der Waals surface area contributed by atoms with Gasteiger partial charge in [0.15, 0.2) is 0 Å². The van der Waals surface area contributed by atoms with Crippen molar-refractivity contribution in [2.75, 3.05) is 13.2 Å². The quantitative estimate of drug-likeness (QED) is 0.687. The van der Waals surface area contributed by atoms with Crippen LogP contribution in [0.1, 0.15) is 32.6 Å². The minimum atomic E-state index is 0.129. The van der Waals surface area contributed by atoms with Gasteiger partial charge in [-0.2, -0.15) is 0 Å². The van der Waals surface area contributed by atoms with E-state index < -0.39 is 0 Å². The van der Waals surface area contributed by atoms with Gasteiger partial charge in [0.1, 0.15) is 0 Å². The van der Waals surface area contributed by atoms with E-state index in [9.17, 15) is 4.79 Å². The summed E-state index contributed by atoms with van der Waals surface area (Å²) in [5.41, 5.74) is 0. The van der Waals surface area contributed by atoms with Gasteiger partial charge in [0, 0.05) is 19.1 Å². The number of amides is 1. The van der Waals surface area contributed by atoms with Crippen molar-refractivity contribution in [2.45, 2.75) is 32.6 Å². The molecule has 1 amide bonds. The largest absolute Gasteiger partial charge is 0.396 e. The molecule has 3 heteroatoms. The number of carbonyl (C=O) groups excluding carboxylic acids is 1. The fourth-order valence-electron chi connectivity index (χ4n) is 1.79. The van der Waals surface area contributed by atoms with E-state index >= 15 is 0 Å². The molecule has 0 aromatic heterocycles. The van der Waals surface area contributed by atoms with E-state index in [0.29, 0.717) is 0 Å². The average molecular weight is 185 g/mol. The van der Waals surface area contributed by atoms with Crippen LogP contribution in [-0.4, -0.2) is 24.2 Å². The molecule has 76 valence electrons. The van der Waals surface area contributed by atoms with Gasteiger partial charge in [-0.05, 0) is 25.2 Å². The molecule has 0 bridgehead atoms. The number of nitrogens with one attached hydrogen (secondary N) is 1. The second kappa shape index (κ2) is 5.22. The predicted molar refractivity (Wildman–Crippen MR) is 51.2 cm³/mol. The van der Waals surface area contributed by atoms with E-state index in [0.717, 1.165) is 32.2 Å². The van der Waals surface area contributed by atoms with E-state index in [1.807, 2.05) is 6.92 Å². The molecule has 0 saturated carbocycles. The van der Waals surface area contributed by atoms with Crippen molar-refractivity contribution in [3.8, 4) is 0 Å². The monoisotopic (exact) mass is 185 g/mol. The number of rotatable bonds is 3. The highest BCUT2D eigenvalue weighted by atomic mass is 16.3. The Labute approximate surface area is 79.5 Å². The van der Waals surface area contributed by atoms with Crippen LogP contribution in [0.25, 0.3) is 0 Å². The molecule has 2 N–H and O–H groups in total. The lowest BCUT2D eigenvalue weighted by Gasteiger charge is -2.16. The van der Waals surface area contributed by atoms with Gasteiger partial charge in [0.2, 0.25) is 5.91 Å². The lowest BCUT2D eigenvalue weighted by molar-refractivity contribution is -0.125. The van der Waals surface area contributed by atoms with E-state index in [-0.39, 0.29) is 24.3 Å². The maximum atomic E-state index is 11.5. The maximum absolute atomic E-state index is 11.5. The number of hydrogen-bond acceptors (Lipinski definition) is 2. The normalized spacial score (nSPS) is 26.3. The fraction of sp³-hybridized carbons (Fsp3) is 0.900. The third kappa shape index (κ3) is 3.35. The maximum Gasteiger partial charge on any atom is 0.223 e. The van der Waals surface area contributed by atoms with Gasteiger partial charge in [-0.3, -0.25) is 4.79 Å². The van der Waals surface area contributed by atoms with Crippen LogP contribution in [0, 0.1) is 11.8 Å². The minimum absolute atomic E-state index is 0.129.